The average molecular weight is 264 g/mol. The van der Waals surface area contributed by atoms with Crippen LogP contribution in [-0.2, 0) is 16.1 Å². The summed E-state index contributed by atoms with van der Waals surface area (Å²) in [5.74, 6) is -0.0280. The summed E-state index contributed by atoms with van der Waals surface area (Å²) in [5, 5.41) is 4.21. The number of carbonyl (C=O) groups is 2. The van der Waals surface area contributed by atoms with Crippen molar-refractivity contribution in [3.63, 3.8) is 0 Å². The molecule has 1 aliphatic rings. The lowest BCUT2D eigenvalue weighted by Crippen LogP contribution is -2.47. The van der Waals surface area contributed by atoms with E-state index in [2.05, 4.69) is 5.10 Å². The monoisotopic (exact) mass is 264 g/mol. The van der Waals surface area contributed by atoms with E-state index >= 15 is 0 Å². The molecular formula is C13H20N4O2. The number of aromatic nitrogens is 2. The van der Waals surface area contributed by atoms with Gasteiger partial charge in [-0.15, -0.1) is 0 Å². The number of carbonyl (C=O) groups excluding carboxylic acids is 2. The molecule has 0 radical (unpaired) electrons. The highest BCUT2D eigenvalue weighted by Gasteiger charge is 2.34. The summed E-state index contributed by atoms with van der Waals surface area (Å²) in [4.78, 5) is 27.6. The van der Waals surface area contributed by atoms with Crippen molar-refractivity contribution >= 4 is 11.8 Å². The van der Waals surface area contributed by atoms with Crippen LogP contribution in [0.2, 0.25) is 0 Å². The molecule has 1 aromatic heterocycles. The third-order valence-corrected chi connectivity index (χ3v) is 3.33. The van der Waals surface area contributed by atoms with Crippen molar-refractivity contribution in [3.05, 3.63) is 18.0 Å². The highest BCUT2D eigenvalue weighted by molar-refractivity contribution is 5.83. The summed E-state index contributed by atoms with van der Waals surface area (Å²) in [6.45, 7) is 4.66. The normalized spacial score (nSPS) is 18.4. The predicted molar refractivity (Wildman–Crippen MR) is 70.2 cm³/mol. The second-order valence-electron chi connectivity index (χ2n) is 5.39. The average Bonchev–Trinajstić information content (AvgIpc) is 2.83. The van der Waals surface area contributed by atoms with Gasteiger partial charge in [0.25, 0.3) is 0 Å². The third kappa shape index (κ3) is 2.47. The zero-order valence-corrected chi connectivity index (χ0v) is 11.8. The molecule has 0 unspecified atom stereocenters. The molecular weight excluding hydrogens is 244 g/mol. The van der Waals surface area contributed by atoms with E-state index < -0.39 is 6.04 Å². The predicted octanol–water partition coefficient (Wildman–Crippen LogP) is 0.511. The summed E-state index contributed by atoms with van der Waals surface area (Å²) >= 11 is 0. The molecule has 0 bridgehead atoms. The van der Waals surface area contributed by atoms with Crippen LogP contribution < -0.4 is 0 Å². The first-order chi connectivity index (χ1) is 8.91. The number of hydrogen-bond acceptors (Lipinski definition) is 3. The first kappa shape index (κ1) is 13.6. The van der Waals surface area contributed by atoms with E-state index in [4.69, 9.17) is 0 Å². The Labute approximate surface area is 113 Å². The Morgan fingerprint density at radius 3 is 2.68 bits per heavy atom. The van der Waals surface area contributed by atoms with Crippen LogP contribution in [-0.4, -0.2) is 52.0 Å². The largest absolute Gasteiger partial charge is 0.347 e. The van der Waals surface area contributed by atoms with E-state index in [0.717, 1.165) is 5.69 Å². The van der Waals surface area contributed by atoms with Gasteiger partial charge in [-0.2, -0.15) is 5.10 Å². The summed E-state index contributed by atoms with van der Waals surface area (Å²) in [5.41, 5.74) is 0.903. The van der Waals surface area contributed by atoms with Gasteiger partial charge in [0.15, 0.2) is 0 Å². The minimum absolute atomic E-state index is 0.0359. The molecule has 0 fully saturated rings. The lowest BCUT2D eigenvalue weighted by atomic mass is 10.1. The van der Waals surface area contributed by atoms with E-state index in [0.29, 0.717) is 13.1 Å². The molecule has 2 amide bonds. The van der Waals surface area contributed by atoms with Gasteiger partial charge in [-0.3, -0.25) is 14.3 Å². The van der Waals surface area contributed by atoms with Crippen molar-refractivity contribution in [2.24, 2.45) is 5.92 Å². The number of likely N-dealkylation sites (N-methyl/N-ethyl adjacent to an activating group) is 1. The molecule has 0 saturated carbocycles. The van der Waals surface area contributed by atoms with E-state index in [1.54, 1.807) is 34.8 Å². The van der Waals surface area contributed by atoms with Crippen LogP contribution >= 0.6 is 0 Å². The molecule has 0 N–H and O–H groups in total. The number of amides is 2. The maximum absolute atomic E-state index is 12.2. The van der Waals surface area contributed by atoms with Crippen LogP contribution in [0.1, 0.15) is 25.6 Å². The second kappa shape index (κ2) is 5.03. The van der Waals surface area contributed by atoms with Gasteiger partial charge in [0.05, 0.1) is 18.8 Å². The van der Waals surface area contributed by atoms with Crippen LogP contribution in [0.15, 0.2) is 12.3 Å². The summed E-state index contributed by atoms with van der Waals surface area (Å²) in [6.07, 6.45) is 1.68. The summed E-state index contributed by atoms with van der Waals surface area (Å²) in [7, 11) is 3.43. The molecule has 0 aromatic carbocycles. The Balaban J connectivity index is 2.30. The molecule has 2 rings (SSSR count). The van der Waals surface area contributed by atoms with E-state index in [-0.39, 0.29) is 17.7 Å². The van der Waals surface area contributed by atoms with Crippen LogP contribution in [0.5, 0.6) is 0 Å². The molecule has 6 nitrogen and oxygen atoms in total. The Kier molecular flexibility index (Phi) is 3.59. The molecule has 6 heteroatoms. The third-order valence-electron chi connectivity index (χ3n) is 3.33. The quantitative estimate of drug-likeness (QED) is 0.782. The molecule has 1 aliphatic heterocycles. The standard InChI is InChI=1S/C13H20N4O2/c1-9(2)12(18)16-7-10-5-6-14-17(10)11(8-16)13(19)15(3)4/h5-6,9,11H,7-8H2,1-4H3/t11-/m1/s1. The van der Waals surface area contributed by atoms with Gasteiger partial charge in [0.1, 0.15) is 6.04 Å². The fourth-order valence-corrected chi connectivity index (χ4v) is 2.31. The highest BCUT2D eigenvalue weighted by atomic mass is 16.2. The molecule has 1 aromatic rings. The zero-order valence-electron chi connectivity index (χ0n) is 11.8. The Morgan fingerprint density at radius 2 is 2.11 bits per heavy atom. The molecule has 0 saturated heterocycles. The Bertz CT molecular complexity index is 493. The maximum Gasteiger partial charge on any atom is 0.248 e. The van der Waals surface area contributed by atoms with Gasteiger partial charge in [0.2, 0.25) is 11.8 Å². The van der Waals surface area contributed by atoms with Crippen molar-refractivity contribution in [1.82, 2.24) is 19.6 Å². The molecule has 19 heavy (non-hydrogen) atoms. The van der Waals surface area contributed by atoms with E-state index in [1.165, 1.54) is 0 Å². The van der Waals surface area contributed by atoms with Crippen molar-refractivity contribution in [1.29, 1.82) is 0 Å². The van der Waals surface area contributed by atoms with Crippen LogP contribution in [0.25, 0.3) is 0 Å². The van der Waals surface area contributed by atoms with Crippen molar-refractivity contribution in [3.8, 4) is 0 Å². The lowest BCUT2D eigenvalue weighted by Gasteiger charge is -2.35. The minimum atomic E-state index is -0.420. The summed E-state index contributed by atoms with van der Waals surface area (Å²) < 4.78 is 1.73. The van der Waals surface area contributed by atoms with Gasteiger partial charge in [0, 0.05) is 26.2 Å². The smallest absolute Gasteiger partial charge is 0.248 e. The number of fused-ring (bicyclic) bond motifs is 1. The summed E-state index contributed by atoms with van der Waals surface area (Å²) in [6, 6.07) is 1.44. The topological polar surface area (TPSA) is 58.4 Å². The van der Waals surface area contributed by atoms with Gasteiger partial charge in [-0.1, -0.05) is 13.8 Å². The fraction of sp³-hybridized carbons (Fsp3) is 0.615. The van der Waals surface area contributed by atoms with Gasteiger partial charge in [-0.25, -0.2) is 0 Å². The van der Waals surface area contributed by atoms with Gasteiger partial charge >= 0.3 is 0 Å². The first-order valence-corrected chi connectivity index (χ1v) is 6.44. The Hall–Kier alpha value is -1.85. The number of nitrogens with zero attached hydrogens (tertiary/aromatic N) is 4. The van der Waals surface area contributed by atoms with Crippen molar-refractivity contribution < 1.29 is 9.59 Å². The zero-order chi connectivity index (χ0) is 14.2. The molecule has 104 valence electrons. The van der Waals surface area contributed by atoms with Crippen LogP contribution in [0, 0.1) is 5.92 Å². The van der Waals surface area contributed by atoms with Gasteiger partial charge in [-0.05, 0) is 6.07 Å². The molecule has 0 spiro atoms. The number of hydrogen-bond donors (Lipinski definition) is 0. The van der Waals surface area contributed by atoms with Gasteiger partial charge < -0.3 is 9.80 Å². The highest BCUT2D eigenvalue weighted by Crippen LogP contribution is 2.22. The van der Waals surface area contributed by atoms with Crippen molar-refractivity contribution in [2.45, 2.75) is 26.4 Å². The van der Waals surface area contributed by atoms with Crippen LogP contribution in [0.4, 0.5) is 0 Å². The first-order valence-electron chi connectivity index (χ1n) is 6.44. The molecule has 0 aliphatic carbocycles. The SMILES string of the molecule is CC(C)C(=O)N1Cc2ccnn2[C@@H](C(=O)N(C)C)C1. The second-order valence-corrected chi connectivity index (χ2v) is 5.39. The maximum atomic E-state index is 12.2. The van der Waals surface area contributed by atoms with Crippen LogP contribution in [0.3, 0.4) is 0 Å². The Morgan fingerprint density at radius 1 is 1.42 bits per heavy atom. The van der Waals surface area contributed by atoms with Crippen molar-refractivity contribution in [2.75, 3.05) is 20.6 Å². The minimum Gasteiger partial charge on any atom is -0.347 e. The van der Waals surface area contributed by atoms with E-state index in [1.807, 2.05) is 19.9 Å². The molecule has 1 atom stereocenters. The number of rotatable bonds is 2. The van der Waals surface area contributed by atoms with E-state index in [9.17, 15) is 9.59 Å². The lowest BCUT2D eigenvalue weighted by molar-refractivity contribution is -0.140. The fourth-order valence-electron chi connectivity index (χ4n) is 2.31. The molecule has 2 heterocycles.